The quantitative estimate of drug-likeness (QED) is 0.210. The van der Waals surface area contributed by atoms with E-state index in [9.17, 15) is 19.2 Å². The van der Waals surface area contributed by atoms with Crippen LogP contribution in [-0.4, -0.2) is 61.1 Å². The SMILES string of the molecule is CC(=O)OC[C@H]1O[C@@H](N=[N+]=[N-])[C@@H](OC(C)=O)[C@@H](OC(C)=O)[C@@H]1OC(C)=O. The Hall–Kier alpha value is -2.85. The van der Waals surface area contributed by atoms with E-state index in [4.69, 9.17) is 29.2 Å². The highest BCUT2D eigenvalue weighted by molar-refractivity contribution is 5.68. The Labute approximate surface area is 148 Å². The van der Waals surface area contributed by atoms with E-state index in [1.165, 1.54) is 0 Å². The molecule has 0 bridgehead atoms. The summed E-state index contributed by atoms with van der Waals surface area (Å²) in [7, 11) is 0. The largest absolute Gasteiger partial charge is 0.463 e. The van der Waals surface area contributed by atoms with E-state index < -0.39 is 54.5 Å². The molecule has 1 aliphatic heterocycles. The minimum atomic E-state index is -1.40. The minimum absolute atomic E-state index is 0.380. The van der Waals surface area contributed by atoms with Crippen molar-refractivity contribution in [2.24, 2.45) is 5.11 Å². The monoisotopic (exact) mass is 373 g/mol. The first kappa shape index (κ1) is 21.2. The Kier molecular flexibility index (Phi) is 7.81. The molecular formula is C14H19N3O9. The number of esters is 4. The summed E-state index contributed by atoms with van der Waals surface area (Å²) < 4.78 is 25.6. The van der Waals surface area contributed by atoms with Crippen molar-refractivity contribution in [2.45, 2.75) is 58.3 Å². The van der Waals surface area contributed by atoms with Gasteiger partial charge in [-0.3, -0.25) is 19.2 Å². The van der Waals surface area contributed by atoms with Crippen LogP contribution in [0.15, 0.2) is 5.11 Å². The number of rotatable bonds is 6. The molecule has 0 amide bonds. The van der Waals surface area contributed by atoms with Crippen LogP contribution in [-0.2, 0) is 42.9 Å². The third kappa shape index (κ3) is 6.22. The molecule has 1 rings (SSSR count). The van der Waals surface area contributed by atoms with E-state index in [-0.39, 0.29) is 6.61 Å². The highest BCUT2D eigenvalue weighted by Crippen LogP contribution is 2.29. The molecule has 26 heavy (non-hydrogen) atoms. The lowest BCUT2D eigenvalue weighted by molar-refractivity contribution is -0.251. The lowest BCUT2D eigenvalue weighted by atomic mass is 9.97. The molecule has 144 valence electrons. The third-order valence-corrected chi connectivity index (χ3v) is 3.13. The zero-order chi connectivity index (χ0) is 19.9. The van der Waals surface area contributed by atoms with Crippen LogP contribution >= 0.6 is 0 Å². The molecule has 0 aromatic rings. The van der Waals surface area contributed by atoms with Gasteiger partial charge in [-0.05, 0) is 5.53 Å². The van der Waals surface area contributed by atoms with Crippen LogP contribution < -0.4 is 0 Å². The molecule has 0 radical (unpaired) electrons. The zero-order valence-corrected chi connectivity index (χ0v) is 14.6. The molecule has 0 unspecified atom stereocenters. The summed E-state index contributed by atoms with van der Waals surface area (Å²) in [5.41, 5.74) is 8.71. The van der Waals surface area contributed by atoms with Gasteiger partial charge in [-0.1, -0.05) is 5.11 Å². The summed E-state index contributed by atoms with van der Waals surface area (Å²) in [6, 6.07) is 0. The lowest BCUT2D eigenvalue weighted by Gasteiger charge is -2.43. The van der Waals surface area contributed by atoms with E-state index in [1.807, 2.05) is 0 Å². The topological polar surface area (TPSA) is 163 Å². The van der Waals surface area contributed by atoms with Crippen LogP contribution in [0.1, 0.15) is 27.7 Å². The van der Waals surface area contributed by atoms with Gasteiger partial charge < -0.3 is 23.7 Å². The number of carbonyl (C=O) groups excluding carboxylic acids is 4. The molecular weight excluding hydrogens is 354 g/mol. The van der Waals surface area contributed by atoms with E-state index in [0.717, 1.165) is 27.7 Å². The molecule has 5 atom stereocenters. The Bertz CT molecular complexity index is 617. The van der Waals surface area contributed by atoms with Gasteiger partial charge in [0.1, 0.15) is 12.7 Å². The second-order valence-electron chi connectivity index (χ2n) is 5.29. The summed E-state index contributed by atoms with van der Waals surface area (Å²) in [6.45, 7) is 4.06. The summed E-state index contributed by atoms with van der Waals surface area (Å²) in [4.78, 5) is 48.0. The number of ether oxygens (including phenoxy) is 5. The van der Waals surface area contributed by atoms with Crippen molar-refractivity contribution in [1.82, 2.24) is 0 Å². The van der Waals surface area contributed by atoms with Gasteiger partial charge in [-0.15, -0.1) is 0 Å². The average molecular weight is 373 g/mol. The van der Waals surface area contributed by atoms with Crippen molar-refractivity contribution in [2.75, 3.05) is 6.61 Å². The smallest absolute Gasteiger partial charge is 0.303 e. The molecule has 0 N–H and O–H groups in total. The highest BCUT2D eigenvalue weighted by Gasteiger charge is 2.51. The second-order valence-corrected chi connectivity index (χ2v) is 5.29. The number of hydrogen-bond acceptors (Lipinski definition) is 10. The van der Waals surface area contributed by atoms with Gasteiger partial charge in [0.15, 0.2) is 24.5 Å². The Morgan fingerprint density at radius 2 is 1.38 bits per heavy atom. The van der Waals surface area contributed by atoms with E-state index >= 15 is 0 Å². The standard InChI is InChI=1S/C14H19N3O9/c1-6(18)22-5-10-11(23-7(2)19)12(24-8(3)20)13(25-9(4)21)14(26-10)16-17-15/h10-14H,5H2,1-4H3/t10-,11-,12+,13+,14-/m1/s1. The fourth-order valence-corrected chi connectivity index (χ4v) is 2.35. The first-order valence-corrected chi connectivity index (χ1v) is 7.50. The lowest BCUT2D eigenvalue weighted by Crippen LogP contribution is -2.61. The van der Waals surface area contributed by atoms with Crippen molar-refractivity contribution in [1.29, 1.82) is 0 Å². The average Bonchev–Trinajstić information content (AvgIpc) is 2.50. The molecule has 1 aliphatic rings. The number of hydrogen-bond donors (Lipinski definition) is 0. The first-order chi connectivity index (χ1) is 12.1. The van der Waals surface area contributed by atoms with Gasteiger partial charge >= 0.3 is 23.9 Å². The maximum atomic E-state index is 11.5. The molecule has 12 nitrogen and oxygen atoms in total. The number of carbonyl (C=O) groups is 4. The summed E-state index contributed by atoms with van der Waals surface area (Å²) in [5.74, 6) is -2.92. The van der Waals surface area contributed by atoms with Gasteiger partial charge in [-0.25, -0.2) is 0 Å². The van der Waals surface area contributed by atoms with Gasteiger partial charge in [0.25, 0.3) is 0 Å². The highest BCUT2D eigenvalue weighted by atomic mass is 16.7. The first-order valence-electron chi connectivity index (χ1n) is 7.50. The van der Waals surface area contributed by atoms with Crippen molar-refractivity contribution < 1.29 is 42.9 Å². The maximum Gasteiger partial charge on any atom is 0.303 e. The predicted molar refractivity (Wildman–Crippen MR) is 81.1 cm³/mol. The molecule has 0 spiro atoms. The Morgan fingerprint density at radius 1 is 0.885 bits per heavy atom. The fraction of sp³-hybridized carbons (Fsp3) is 0.714. The van der Waals surface area contributed by atoms with Crippen LogP contribution in [0.25, 0.3) is 10.4 Å². The fourth-order valence-electron chi connectivity index (χ4n) is 2.35. The van der Waals surface area contributed by atoms with Crippen LogP contribution in [0.3, 0.4) is 0 Å². The van der Waals surface area contributed by atoms with E-state index in [2.05, 4.69) is 10.0 Å². The predicted octanol–water partition coefficient (Wildman–Crippen LogP) is 0.380. The van der Waals surface area contributed by atoms with Gasteiger partial charge in [-0.2, -0.15) is 0 Å². The Balaban J connectivity index is 3.28. The number of nitrogens with zero attached hydrogens (tertiary/aromatic N) is 3. The van der Waals surface area contributed by atoms with Crippen LogP contribution in [0.5, 0.6) is 0 Å². The molecule has 0 aliphatic carbocycles. The molecule has 0 aromatic heterocycles. The molecule has 0 aromatic carbocycles. The van der Waals surface area contributed by atoms with Gasteiger partial charge in [0, 0.05) is 32.6 Å². The van der Waals surface area contributed by atoms with Crippen molar-refractivity contribution in [3.8, 4) is 0 Å². The van der Waals surface area contributed by atoms with Crippen LogP contribution in [0.4, 0.5) is 0 Å². The van der Waals surface area contributed by atoms with Gasteiger partial charge in [0.05, 0.1) is 0 Å². The molecule has 0 saturated carbocycles. The molecule has 1 saturated heterocycles. The van der Waals surface area contributed by atoms with Crippen LogP contribution in [0.2, 0.25) is 0 Å². The molecule has 1 heterocycles. The van der Waals surface area contributed by atoms with E-state index in [0.29, 0.717) is 0 Å². The van der Waals surface area contributed by atoms with Crippen LogP contribution in [0, 0.1) is 0 Å². The second kappa shape index (κ2) is 9.59. The number of azide groups is 1. The molecule has 1 fully saturated rings. The zero-order valence-electron chi connectivity index (χ0n) is 14.6. The van der Waals surface area contributed by atoms with Crippen molar-refractivity contribution in [3.05, 3.63) is 10.4 Å². The third-order valence-electron chi connectivity index (χ3n) is 3.13. The molecule has 12 heteroatoms. The summed E-state index contributed by atoms with van der Waals surface area (Å²) >= 11 is 0. The van der Waals surface area contributed by atoms with Gasteiger partial charge in [0.2, 0.25) is 0 Å². The van der Waals surface area contributed by atoms with E-state index in [1.54, 1.807) is 0 Å². The minimum Gasteiger partial charge on any atom is -0.463 e. The summed E-state index contributed by atoms with van der Waals surface area (Å²) in [5, 5.41) is 3.38. The maximum absolute atomic E-state index is 11.5. The van der Waals surface area contributed by atoms with Crippen molar-refractivity contribution >= 4 is 23.9 Å². The van der Waals surface area contributed by atoms with Crippen molar-refractivity contribution in [3.63, 3.8) is 0 Å². The Morgan fingerprint density at radius 3 is 1.85 bits per heavy atom. The summed E-state index contributed by atoms with van der Waals surface area (Å²) in [6.07, 6.45) is -6.52. The normalized spacial score (nSPS) is 27.5.